The van der Waals surface area contributed by atoms with Crippen LogP contribution >= 0.6 is 23.5 Å². The summed E-state index contributed by atoms with van der Waals surface area (Å²) in [6.07, 6.45) is 1.77. The molecular formula is C11H20NO2S2+. The van der Waals surface area contributed by atoms with Gasteiger partial charge in [0.2, 0.25) is 0 Å². The second-order valence-corrected chi connectivity index (χ2v) is 7.04. The topological polar surface area (TPSA) is 29.3 Å². The molecule has 3 nitrogen and oxygen atoms in total. The predicted octanol–water partition coefficient (Wildman–Crippen LogP) is 3.04. The van der Waals surface area contributed by atoms with Gasteiger partial charge in [0.05, 0.1) is 0 Å². The highest BCUT2D eigenvalue weighted by atomic mass is 32.2. The van der Waals surface area contributed by atoms with Gasteiger partial charge in [0, 0.05) is 11.7 Å². The van der Waals surface area contributed by atoms with E-state index in [2.05, 4.69) is 6.92 Å². The van der Waals surface area contributed by atoms with Crippen molar-refractivity contribution in [1.29, 1.82) is 0 Å². The van der Waals surface area contributed by atoms with Crippen LogP contribution < -0.4 is 0 Å². The first-order chi connectivity index (χ1) is 7.33. The average Bonchev–Trinajstić information content (AvgIpc) is 2.15. The average molecular weight is 262 g/mol. The minimum atomic E-state index is -0.425. The van der Waals surface area contributed by atoms with E-state index in [0.29, 0.717) is 5.92 Å². The van der Waals surface area contributed by atoms with Gasteiger partial charge in [-0.1, -0.05) is 18.7 Å². The normalized spacial score (nSPS) is 22.2. The van der Waals surface area contributed by atoms with Crippen LogP contribution in [0, 0.1) is 5.92 Å². The van der Waals surface area contributed by atoms with Crippen molar-refractivity contribution in [3.63, 3.8) is 0 Å². The van der Waals surface area contributed by atoms with E-state index in [1.807, 2.05) is 27.0 Å². The van der Waals surface area contributed by atoms with Gasteiger partial charge in [-0.3, -0.25) is 0 Å². The van der Waals surface area contributed by atoms with Gasteiger partial charge in [-0.15, -0.1) is 4.58 Å². The zero-order chi connectivity index (χ0) is 12.3. The summed E-state index contributed by atoms with van der Waals surface area (Å²) >= 11 is 3.35. The van der Waals surface area contributed by atoms with Crippen molar-refractivity contribution in [1.82, 2.24) is 0 Å². The van der Waals surface area contributed by atoms with E-state index in [1.54, 1.807) is 28.1 Å². The first kappa shape index (κ1) is 13.9. The van der Waals surface area contributed by atoms with Crippen molar-refractivity contribution in [2.75, 3.05) is 18.6 Å². The fourth-order valence-corrected chi connectivity index (χ4v) is 3.25. The molecule has 0 N–H and O–H groups in total. The fourth-order valence-electron chi connectivity index (χ4n) is 1.37. The van der Waals surface area contributed by atoms with Crippen molar-refractivity contribution in [2.45, 2.75) is 33.3 Å². The van der Waals surface area contributed by atoms with E-state index in [1.165, 1.54) is 0 Å². The maximum Gasteiger partial charge on any atom is 0.598 e. The van der Waals surface area contributed by atoms with E-state index in [-0.39, 0.29) is 6.09 Å². The Bertz CT molecular complexity index is 308. The molecular weight excluding hydrogens is 242 g/mol. The van der Waals surface area contributed by atoms with Crippen LogP contribution in [-0.2, 0) is 4.74 Å². The highest BCUT2D eigenvalue weighted by Crippen LogP contribution is 2.24. The number of rotatable bonds is 0. The third-order valence-corrected chi connectivity index (χ3v) is 4.62. The molecule has 0 aromatic rings. The van der Waals surface area contributed by atoms with Crippen LogP contribution in [-0.4, -0.2) is 39.2 Å². The summed E-state index contributed by atoms with van der Waals surface area (Å²) in [5, 5.41) is 0. The van der Waals surface area contributed by atoms with Gasteiger partial charge in [0.15, 0.2) is 6.54 Å². The lowest BCUT2D eigenvalue weighted by molar-refractivity contribution is -0.453. The Labute approximate surface area is 106 Å². The molecule has 0 fully saturated rings. The SMILES string of the molecule is CSC1=[N+](C(=O)OC(C)(C)C)CC(C)CS1. The third-order valence-electron chi connectivity index (χ3n) is 1.99. The van der Waals surface area contributed by atoms with E-state index in [4.69, 9.17) is 4.74 Å². The Morgan fingerprint density at radius 1 is 1.56 bits per heavy atom. The van der Waals surface area contributed by atoms with Crippen LogP contribution in [0.2, 0.25) is 0 Å². The molecule has 0 radical (unpaired) electrons. The van der Waals surface area contributed by atoms with Crippen molar-refractivity contribution < 1.29 is 14.1 Å². The van der Waals surface area contributed by atoms with Crippen LogP contribution in [0.1, 0.15) is 27.7 Å². The Hall–Kier alpha value is -0.160. The summed E-state index contributed by atoms with van der Waals surface area (Å²) in [7, 11) is 0. The maximum absolute atomic E-state index is 12.0. The Kier molecular flexibility index (Phi) is 4.73. The van der Waals surface area contributed by atoms with Gasteiger partial charge in [-0.25, -0.2) is 0 Å². The van der Waals surface area contributed by atoms with Gasteiger partial charge < -0.3 is 4.74 Å². The summed E-state index contributed by atoms with van der Waals surface area (Å²) < 4.78 is 8.20. The molecule has 1 aliphatic heterocycles. The second-order valence-electron chi connectivity index (χ2n) is 4.98. The minimum Gasteiger partial charge on any atom is -0.406 e. The lowest BCUT2D eigenvalue weighted by Gasteiger charge is -2.20. The molecule has 0 aliphatic carbocycles. The van der Waals surface area contributed by atoms with Gasteiger partial charge in [0.25, 0.3) is 4.38 Å². The van der Waals surface area contributed by atoms with Gasteiger partial charge in [0.1, 0.15) is 5.60 Å². The molecule has 1 unspecified atom stereocenters. The molecule has 0 aromatic heterocycles. The number of carbonyl (C=O) groups excluding carboxylic acids is 1. The molecule has 92 valence electrons. The Morgan fingerprint density at radius 2 is 2.19 bits per heavy atom. The molecule has 1 amide bonds. The highest BCUT2D eigenvalue weighted by Gasteiger charge is 2.34. The minimum absolute atomic E-state index is 0.226. The number of hydrogen-bond acceptors (Lipinski definition) is 4. The van der Waals surface area contributed by atoms with Crippen LogP contribution in [0.5, 0.6) is 0 Å². The molecule has 0 saturated heterocycles. The highest BCUT2D eigenvalue weighted by molar-refractivity contribution is 8.38. The summed E-state index contributed by atoms with van der Waals surface area (Å²) in [5.41, 5.74) is -0.425. The smallest absolute Gasteiger partial charge is 0.406 e. The van der Waals surface area contributed by atoms with Crippen molar-refractivity contribution in [3.05, 3.63) is 0 Å². The van der Waals surface area contributed by atoms with Crippen LogP contribution in [0.4, 0.5) is 4.79 Å². The summed E-state index contributed by atoms with van der Waals surface area (Å²) in [4.78, 5) is 12.0. The molecule has 16 heavy (non-hydrogen) atoms. The number of nitrogens with zero attached hydrogens (tertiary/aromatic N) is 1. The van der Waals surface area contributed by atoms with Crippen molar-refractivity contribution in [2.24, 2.45) is 5.92 Å². The van der Waals surface area contributed by atoms with E-state index in [9.17, 15) is 4.79 Å². The zero-order valence-electron chi connectivity index (χ0n) is 10.6. The Balaban J connectivity index is 2.82. The van der Waals surface area contributed by atoms with Crippen LogP contribution in [0.25, 0.3) is 0 Å². The lowest BCUT2D eigenvalue weighted by atomic mass is 10.2. The van der Waals surface area contributed by atoms with Gasteiger partial charge in [-0.05, 0) is 38.8 Å². The number of thioether (sulfide) groups is 2. The second kappa shape index (κ2) is 5.45. The standard InChI is InChI=1S/C11H20NO2S2/c1-8-6-12(10(15-5)16-7-8)9(13)14-11(2,3)4/h8H,6-7H2,1-5H3/q+1. The first-order valence-electron chi connectivity index (χ1n) is 5.37. The molecule has 5 heteroatoms. The summed E-state index contributed by atoms with van der Waals surface area (Å²) in [6, 6.07) is 0. The molecule has 1 atom stereocenters. The van der Waals surface area contributed by atoms with Crippen LogP contribution in [0.3, 0.4) is 0 Å². The zero-order valence-corrected chi connectivity index (χ0v) is 12.2. The third kappa shape index (κ3) is 4.01. The number of ether oxygens (including phenoxy) is 1. The number of amides is 1. The van der Waals surface area contributed by atoms with E-state index < -0.39 is 5.60 Å². The number of carbonyl (C=O) groups is 1. The monoisotopic (exact) mass is 262 g/mol. The fraction of sp³-hybridized carbons (Fsp3) is 0.818. The van der Waals surface area contributed by atoms with Gasteiger partial charge >= 0.3 is 6.09 Å². The summed E-state index contributed by atoms with van der Waals surface area (Å²) in [6.45, 7) is 8.60. The van der Waals surface area contributed by atoms with Gasteiger partial charge in [-0.2, -0.15) is 4.79 Å². The molecule has 1 rings (SSSR count). The molecule has 1 heterocycles. The van der Waals surface area contributed by atoms with E-state index >= 15 is 0 Å². The molecule has 0 bridgehead atoms. The number of hydrogen-bond donors (Lipinski definition) is 0. The Morgan fingerprint density at radius 3 is 2.69 bits per heavy atom. The maximum atomic E-state index is 12.0. The van der Waals surface area contributed by atoms with E-state index in [0.717, 1.165) is 16.7 Å². The quantitative estimate of drug-likeness (QED) is 0.628. The molecule has 1 aliphatic rings. The largest absolute Gasteiger partial charge is 0.598 e. The lowest BCUT2D eigenvalue weighted by Crippen LogP contribution is -2.37. The van der Waals surface area contributed by atoms with Crippen molar-refractivity contribution >= 4 is 34.0 Å². The molecule has 0 aromatic carbocycles. The summed E-state index contributed by atoms with van der Waals surface area (Å²) in [5.74, 6) is 1.60. The molecule has 0 saturated carbocycles. The molecule has 0 spiro atoms. The predicted molar refractivity (Wildman–Crippen MR) is 71.5 cm³/mol. The van der Waals surface area contributed by atoms with Crippen LogP contribution in [0.15, 0.2) is 0 Å². The van der Waals surface area contributed by atoms with Crippen molar-refractivity contribution in [3.8, 4) is 0 Å². The first-order valence-corrected chi connectivity index (χ1v) is 7.59.